The van der Waals surface area contributed by atoms with Crippen LogP contribution in [0.25, 0.3) is 0 Å². The molecular formula is C17H15ClN4S. The largest absolute Gasteiger partial charge is 0.250 e. The molecule has 23 heavy (non-hydrogen) atoms. The number of hydrogen-bond acceptors (Lipinski definition) is 3. The maximum absolute atomic E-state index is 5.89. The summed E-state index contributed by atoms with van der Waals surface area (Å²) in [5.41, 5.74) is 3.36. The third kappa shape index (κ3) is 3.75. The fraction of sp³-hybridized carbons (Fsp3) is 0.118. The third-order valence-corrected chi connectivity index (χ3v) is 4.04. The van der Waals surface area contributed by atoms with Crippen molar-refractivity contribution in [3.05, 3.63) is 80.8 Å². The van der Waals surface area contributed by atoms with Crippen molar-refractivity contribution in [2.24, 2.45) is 5.10 Å². The number of aromatic amines is 1. The van der Waals surface area contributed by atoms with Crippen LogP contribution in [0.4, 0.5) is 0 Å². The predicted molar refractivity (Wildman–Crippen MR) is 95.8 cm³/mol. The van der Waals surface area contributed by atoms with E-state index >= 15 is 0 Å². The molecule has 1 N–H and O–H groups in total. The van der Waals surface area contributed by atoms with Gasteiger partial charge in [0.1, 0.15) is 0 Å². The Kier molecular flexibility index (Phi) is 4.69. The third-order valence-electron chi connectivity index (χ3n) is 3.52. The highest BCUT2D eigenvalue weighted by molar-refractivity contribution is 7.71. The van der Waals surface area contributed by atoms with Gasteiger partial charge in [-0.3, -0.25) is 5.10 Å². The molecule has 2 aromatic carbocycles. The molecule has 0 amide bonds. The SMILES string of the molecule is Cc1ccccc1Cc1n[nH]c(=S)n1/N=C/c1ccc(Cl)cc1. The monoisotopic (exact) mass is 342 g/mol. The number of nitrogens with zero attached hydrogens (tertiary/aromatic N) is 3. The summed E-state index contributed by atoms with van der Waals surface area (Å²) >= 11 is 11.2. The zero-order valence-electron chi connectivity index (χ0n) is 12.5. The summed E-state index contributed by atoms with van der Waals surface area (Å²) in [6.45, 7) is 2.08. The summed E-state index contributed by atoms with van der Waals surface area (Å²) in [5.74, 6) is 0.773. The molecule has 116 valence electrons. The van der Waals surface area contributed by atoms with E-state index in [0.717, 1.165) is 11.4 Å². The van der Waals surface area contributed by atoms with Gasteiger partial charge in [-0.25, -0.2) is 0 Å². The molecule has 0 aliphatic carbocycles. The summed E-state index contributed by atoms with van der Waals surface area (Å²) < 4.78 is 2.12. The van der Waals surface area contributed by atoms with Crippen molar-refractivity contribution in [1.82, 2.24) is 14.9 Å². The first kappa shape index (κ1) is 15.6. The molecule has 0 aliphatic rings. The van der Waals surface area contributed by atoms with Crippen LogP contribution in [0.15, 0.2) is 53.6 Å². The maximum Gasteiger partial charge on any atom is 0.216 e. The predicted octanol–water partition coefficient (Wildman–Crippen LogP) is 4.38. The van der Waals surface area contributed by atoms with Crippen LogP contribution in [-0.4, -0.2) is 21.1 Å². The Hall–Kier alpha value is -2.24. The average molecular weight is 343 g/mol. The molecule has 0 fully saturated rings. The van der Waals surface area contributed by atoms with Gasteiger partial charge in [-0.1, -0.05) is 48.0 Å². The van der Waals surface area contributed by atoms with E-state index in [2.05, 4.69) is 34.4 Å². The first-order chi connectivity index (χ1) is 11.1. The smallest absolute Gasteiger partial charge is 0.216 e. The number of hydrogen-bond donors (Lipinski definition) is 1. The number of halogens is 1. The van der Waals surface area contributed by atoms with E-state index in [1.54, 1.807) is 10.9 Å². The minimum Gasteiger partial charge on any atom is -0.250 e. The average Bonchev–Trinajstić information content (AvgIpc) is 2.89. The lowest BCUT2D eigenvalue weighted by atomic mass is 10.1. The van der Waals surface area contributed by atoms with Crippen LogP contribution < -0.4 is 0 Å². The van der Waals surface area contributed by atoms with Crippen molar-refractivity contribution in [2.75, 3.05) is 0 Å². The van der Waals surface area contributed by atoms with Crippen LogP contribution in [0, 0.1) is 11.7 Å². The molecule has 0 saturated carbocycles. The second-order valence-electron chi connectivity index (χ2n) is 5.16. The highest BCUT2D eigenvalue weighted by atomic mass is 35.5. The Labute approximate surface area is 144 Å². The molecule has 1 aromatic heterocycles. The van der Waals surface area contributed by atoms with Crippen molar-refractivity contribution in [3.8, 4) is 0 Å². The zero-order chi connectivity index (χ0) is 16.2. The molecule has 3 aromatic rings. The number of aromatic nitrogens is 3. The van der Waals surface area contributed by atoms with Gasteiger partial charge >= 0.3 is 0 Å². The molecule has 1 heterocycles. The Balaban J connectivity index is 1.88. The lowest BCUT2D eigenvalue weighted by molar-refractivity contribution is 0.790. The van der Waals surface area contributed by atoms with E-state index in [1.165, 1.54) is 11.1 Å². The van der Waals surface area contributed by atoms with E-state index in [9.17, 15) is 0 Å². The van der Waals surface area contributed by atoms with Crippen molar-refractivity contribution >= 4 is 30.0 Å². The van der Waals surface area contributed by atoms with Gasteiger partial charge in [-0.15, -0.1) is 0 Å². The summed E-state index contributed by atoms with van der Waals surface area (Å²) in [6, 6.07) is 15.7. The molecule has 6 heteroatoms. The molecule has 0 unspecified atom stereocenters. The summed E-state index contributed by atoms with van der Waals surface area (Å²) in [5, 5.41) is 12.2. The molecule has 0 radical (unpaired) electrons. The van der Waals surface area contributed by atoms with E-state index in [1.807, 2.05) is 36.4 Å². The molecule has 0 saturated heterocycles. The standard InChI is InChI=1S/C17H15ClN4S/c1-12-4-2-3-5-14(12)10-16-20-21-17(23)22(16)19-11-13-6-8-15(18)9-7-13/h2-9,11H,10H2,1H3,(H,21,23)/b19-11+. The lowest BCUT2D eigenvalue weighted by Gasteiger charge is -2.04. The van der Waals surface area contributed by atoms with Crippen LogP contribution in [0.3, 0.4) is 0 Å². The van der Waals surface area contributed by atoms with Gasteiger partial charge in [0.05, 0.1) is 6.21 Å². The van der Waals surface area contributed by atoms with Gasteiger partial charge in [-0.2, -0.15) is 14.9 Å². The van der Waals surface area contributed by atoms with Crippen LogP contribution in [0.1, 0.15) is 22.5 Å². The number of benzene rings is 2. The van der Waals surface area contributed by atoms with E-state index in [-0.39, 0.29) is 0 Å². The number of nitrogens with one attached hydrogen (secondary N) is 1. The Morgan fingerprint density at radius 3 is 2.70 bits per heavy atom. The molecule has 0 bridgehead atoms. The summed E-state index contributed by atoms with van der Waals surface area (Å²) in [6.07, 6.45) is 2.40. The minimum atomic E-state index is 0.471. The molecule has 0 aliphatic heterocycles. The Bertz CT molecular complexity index is 893. The quantitative estimate of drug-likeness (QED) is 0.565. The zero-order valence-corrected chi connectivity index (χ0v) is 14.1. The molecular weight excluding hydrogens is 328 g/mol. The van der Waals surface area contributed by atoms with Crippen LogP contribution >= 0.6 is 23.8 Å². The van der Waals surface area contributed by atoms with Gasteiger partial charge in [0.2, 0.25) is 4.77 Å². The van der Waals surface area contributed by atoms with Gasteiger partial charge < -0.3 is 0 Å². The van der Waals surface area contributed by atoms with Gasteiger partial charge in [-0.05, 0) is 48.0 Å². The number of aryl methyl sites for hydroxylation is 1. The highest BCUT2D eigenvalue weighted by Crippen LogP contribution is 2.13. The molecule has 3 rings (SSSR count). The first-order valence-corrected chi connectivity index (χ1v) is 7.93. The number of rotatable bonds is 4. The maximum atomic E-state index is 5.89. The fourth-order valence-electron chi connectivity index (χ4n) is 2.21. The van der Waals surface area contributed by atoms with Gasteiger partial charge in [0, 0.05) is 11.4 Å². The number of H-pyrrole nitrogens is 1. The topological polar surface area (TPSA) is 46.0 Å². The summed E-state index contributed by atoms with van der Waals surface area (Å²) in [7, 11) is 0. The van der Waals surface area contributed by atoms with Crippen molar-refractivity contribution < 1.29 is 0 Å². The van der Waals surface area contributed by atoms with Crippen LogP contribution in [0.2, 0.25) is 5.02 Å². The normalized spacial score (nSPS) is 11.2. The Morgan fingerprint density at radius 2 is 1.96 bits per heavy atom. The second kappa shape index (κ2) is 6.89. The molecule has 0 spiro atoms. The second-order valence-corrected chi connectivity index (χ2v) is 5.98. The van der Waals surface area contributed by atoms with E-state index in [0.29, 0.717) is 16.2 Å². The van der Waals surface area contributed by atoms with E-state index in [4.69, 9.17) is 23.8 Å². The minimum absolute atomic E-state index is 0.471. The highest BCUT2D eigenvalue weighted by Gasteiger charge is 2.07. The summed E-state index contributed by atoms with van der Waals surface area (Å²) in [4.78, 5) is 0. The van der Waals surface area contributed by atoms with Gasteiger partial charge in [0.25, 0.3) is 0 Å². The fourth-order valence-corrected chi connectivity index (χ4v) is 2.53. The van der Waals surface area contributed by atoms with E-state index < -0.39 is 0 Å². The van der Waals surface area contributed by atoms with Crippen LogP contribution in [-0.2, 0) is 6.42 Å². The molecule has 4 nitrogen and oxygen atoms in total. The molecule has 0 atom stereocenters. The first-order valence-electron chi connectivity index (χ1n) is 7.14. The Morgan fingerprint density at radius 1 is 1.22 bits per heavy atom. The van der Waals surface area contributed by atoms with Crippen molar-refractivity contribution in [2.45, 2.75) is 13.3 Å². The van der Waals surface area contributed by atoms with Crippen molar-refractivity contribution in [1.29, 1.82) is 0 Å². The van der Waals surface area contributed by atoms with Crippen molar-refractivity contribution in [3.63, 3.8) is 0 Å². The lowest BCUT2D eigenvalue weighted by Crippen LogP contribution is -2.01. The van der Waals surface area contributed by atoms with Gasteiger partial charge in [0.15, 0.2) is 5.82 Å². The van der Waals surface area contributed by atoms with Crippen LogP contribution in [0.5, 0.6) is 0 Å².